The Labute approximate surface area is 93.4 Å². The van der Waals surface area contributed by atoms with E-state index in [9.17, 15) is 13.2 Å². The van der Waals surface area contributed by atoms with E-state index in [-0.39, 0.29) is 0 Å². The van der Waals surface area contributed by atoms with Gasteiger partial charge in [-0.05, 0) is 23.8 Å². The summed E-state index contributed by atoms with van der Waals surface area (Å²) in [4.78, 5) is 0. The van der Waals surface area contributed by atoms with Gasteiger partial charge in [0.15, 0.2) is 0 Å². The number of alkyl halides is 3. The van der Waals surface area contributed by atoms with Gasteiger partial charge in [-0.3, -0.25) is 0 Å². The van der Waals surface area contributed by atoms with Gasteiger partial charge in [0.05, 0.1) is 12.2 Å². The predicted octanol–water partition coefficient (Wildman–Crippen LogP) is 3.39. The van der Waals surface area contributed by atoms with Crippen LogP contribution in [0.4, 0.5) is 13.2 Å². The number of hydrogen-bond donors (Lipinski definition) is 1. The molecule has 0 unspecified atom stereocenters. The van der Waals surface area contributed by atoms with Crippen molar-refractivity contribution in [2.45, 2.75) is 6.18 Å². The zero-order chi connectivity index (χ0) is 11.5. The first-order valence-corrected chi connectivity index (χ1v) is 4.87. The maximum atomic E-state index is 12.2. The fourth-order valence-corrected chi connectivity index (χ4v) is 1.24. The lowest BCUT2D eigenvalue weighted by molar-refractivity contribution is -0.0964. The topological polar surface area (TPSA) is 20.2 Å². The highest BCUT2D eigenvalue weighted by molar-refractivity contribution is 9.10. The normalized spacial score (nSPS) is 13.0. The molecule has 5 heteroatoms. The van der Waals surface area contributed by atoms with Crippen LogP contribution in [0.5, 0.6) is 0 Å². The van der Waals surface area contributed by atoms with Gasteiger partial charge < -0.3 is 5.11 Å². The minimum absolute atomic E-state index is 0.402. The largest absolute Gasteiger partial charge is 0.414 e. The number of halogens is 4. The number of aliphatic hydroxyl groups is 1. The van der Waals surface area contributed by atoms with Crippen molar-refractivity contribution >= 4 is 22.0 Å². The van der Waals surface area contributed by atoms with Crippen LogP contribution in [-0.4, -0.2) is 17.9 Å². The molecule has 1 aromatic carbocycles. The Morgan fingerprint density at radius 1 is 1.27 bits per heavy atom. The Morgan fingerprint density at radius 2 is 1.80 bits per heavy atom. The molecule has 1 N–H and O–H groups in total. The summed E-state index contributed by atoms with van der Waals surface area (Å²) in [7, 11) is 0. The summed E-state index contributed by atoms with van der Waals surface area (Å²) < 4.78 is 37.5. The third-order valence-corrected chi connectivity index (χ3v) is 2.27. The summed E-state index contributed by atoms with van der Waals surface area (Å²) in [5, 5.41) is 8.58. The molecular formula is C10H8BrF3O. The van der Waals surface area contributed by atoms with Crippen LogP contribution < -0.4 is 0 Å². The van der Waals surface area contributed by atoms with Crippen molar-refractivity contribution in [3.05, 3.63) is 39.9 Å². The molecule has 0 aliphatic heterocycles. The van der Waals surface area contributed by atoms with Crippen molar-refractivity contribution in [3.8, 4) is 0 Å². The Morgan fingerprint density at radius 3 is 2.20 bits per heavy atom. The van der Waals surface area contributed by atoms with E-state index in [0.29, 0.717) is 5.56 Å². The lowest BCUT2D eigenvalue weighted by atomic mass is 10.1. The summed E-state index contributed by atoms with van der Waals surface area (Å²) in [5.41, 5.74) is -0.551. The van der Waals surface area contributed by atoms with E-state index in [1.54, 1.807) is 12.1 Å². The van der Waals surface area contributed by atoms with Gasteiger partial charge in [0.2, 0.25) is 0 Å². The molecule has 0 heterocycles. The van der Waals surface area contributed by atoms with Gasteiger partial charge in [-0.15, -0.1) is 0 Å². The van der Waals surface area contributed by atoms with Gasteiger partial charge in [-0.25, -0.2) is 0 Å². The van der Waals surface area contributed by atoms with E-state index < -0.39 is 18.4 Å². The first-order valence-electron chi connectivity index (χ1n) is 4.07. The highest BCUT2D eigenvalue weighted by atomic mass is 79.9. The maximum Gasteiger partial charge on any atom is 0.414 e. The molecule has 0 aliphatic carbocycles. The number of benzene rings is 1. The third kappa shape index (κ3) is 3.68. The molecule has 0 saturated heterocycles. The second-order valence-corrected chi connectivity index (χ2v) is 3.79. The van der Waals surface area contributed by atoms with Crippen LogP contribution >= 0.6 is 15.9 Å². The fraction of sp³-hybridized carbons (Fsp3) is 0.200. The standard InChI is InChI=1S/C10H8BrF3O/c11-9-3-1-7(2-4-9)5-8(6-15)10(12,13)14/h1-5,15H,6H2/b8-5+. The zero-order valence-electron chi connectivity index (χ0n) is 7.55. The smallest absolute Gasteiger partial charge is 0.392 e. The van der Waals surface area contributed by atoms with Crippen LogP contribution in [0.15, 0.2) is 34.3 Å². The molecule has 0 spiro atoms. The summed E-state index contributed by atoms with van der Waals surface area (Å²) in [6.07, 6.45) is -3.56. The van der Waals surface area contributed by atoms with Gasteiger partial charge >= 0.3 is 6.18 Å². The van der Waals surface area contributed by atoms with E-state index in [0.717, 1.165) is 10.5 Å². The van der Waals surface area contributed by atoms with Gasteiger partial charge in [-0.2, -0.15) is 13.2 Å². The Bertz CT molecular complexity index is 354. The molecule has 0 atom stereocenters. The van der Waals surface area contributed by atoms with Crippen LogP contribution in [0, 0.1) is 0 Å². The third-order valence-electron chi connectivity index (χ3n) is 1.75. The average Bonchev–Trinajstić information content (AvgIpc) is 2.15. The second-order valence-electron chi connectivity index (χ2n) is 2.88. The van der Waals surface area contributed by atoms with E-state index >= 15 is 0 Å². The predicted molar refractivity (Wildman–Crippen MR) is 55.3 cm³/mol. The zero-order valence-corrected chi connectivity index (χ0v) is 9.14. The molecule has 0 amide bonds. The van der Waals surface area contributed by atoms with E-state index in [4.69, 9.17) is 5.11 Å². The summed E-state index contributed by atoms with van der Waals surface area (Å²) >= 11 is 3.18. The highest BCUT2D eigenvalue weighted by Gasteiger charge is 2.32. The highest BCUT2D eigenvalue weighted by Crippen LogP contribution is 2.27. The Kier molecular flexibility index (Phi) is 3.93. The van der Waals surface area contributed by atoms with Gasteiger partial charge in [0.25, 0.3) is 0 Å². The van der Waals surface area contributed by atoms with Crippen LogP contribution in [0.25, 0.3) is 6.08 Å². The SMILES string of the molecule is OC/C(=C\c1ccc(Br)cc1)C(F)(F)F. The minimum atomic E-state index is -4.48. The molecule has 0 saturated carbocycles. The number of aliphatic hydroxyl groups excluding tert-OH is 1. The number of hydrogen-bond acceptors (Lipinski definition) is 1. The molecule has 0 bridgehead atoms. The van der Waals surface area contributed by atoms with Gasteiger partial charge in [-0.1, -0.05) is 28.1 Å². The molecule has 15 heavy (non-hydrogen) atoms. The molecule has 0 fully saturated rings. The molecule has 82 valence electrons. The molecule has 0 aliphatic rings. The molecular weight excluding hydrogens is 273 g/mol. The summed E-state index contributed by atoms with van der Waals surface area (Å²) in [5.74, 6) is 0. The lowest BCUT2D eigenvalue weighted by Crippen LogP contribution is -2.14. The molecule has 0 aromatic heterocycles. The van der Waals surface area contributed by atoms with Gasteiger partial charge in [0, 0.05) is 4.47 Å². The van der Waals surface area contributed by atoms with Crippen molar-refractivity contribution in [3.63, 3.8) is 0 Å². The van der Waals surface area contributed by atoms with Crippen LogP contribution in [-0.2, 0) is 0 Å². The first kappa shape index (κ1) is 12.3. The van der Waals surface area contributed by atoms with Crippen molar-refractivity contribution in [1.29, 1.82) is 0 Å². The quantitative estimate of drug-likeness (QED) is 0.881. The van der Waals surface area contributed by atoms with Crippen LogP contribution in [0.3, 0.4) is 0 Å². The molecule has 1 aromatic rings. The minimum Gasteiger partial charge on any atom is -0.392 e. The van der Waals surface area contributed by atoms with Crippen molar-refractivity contribution in [1.82, 2.24) is 0 Å². The number of rotatable bonds is 2. The molecule has 0 radical (unpaired) electrons. The van der Waals surface area contributed by atoms with Crippen LogP contribution in [0.1, 0.15) is 5.56 Å². The first-order chi connectivity index (χ1) is 6.93. The van der Waals surface area contributed by atoms with Crippen molar-refractivity contribution in [2.75, 3.05) is 6.61 Å². The van der Waals surface area contributed by atoms with Crippen LogP contribution in [0.2, 0.25) is 0 Å². The van der Waals surface area contributed by atoms with E-state index in [1.807, 2.05) is 0 Å². The lowest BCUT2D eigenvalue weighted by Gasteiger charge is -2.08. The average molecular weight is 281 g/mol. The monoisotopic (exact) mass is 280 g/mol. The Hall–Kier alpha value is -0.810. The van der Waals surface area contributed by atoms with Gasteiger partial charge in [0.1, 0.15) is 0 Å². The van der Waals surface area contributed by atoms with Crippen molar-refractivity contribution in [2.24, 2.45) is 0 Å². The maximum absolute atomic E-state index is 12.2. The van der Waals surface area contributed by atoms with E-state index in [2.05, 4.69) is 15.9 Å². The van der Waals surface area contributed by atoms with E-state index in [1.165, 1.54) is 12.1 Å². The van der Waals surface area contributed by atoms with Crippen molar-refractivity contribution < 1.29 is 18.3 Å². The Balaban J connectivity index is 2.99. The summed E-state index contributed by atoms with van der Waals surface area (Å²) in [6, 6.07) is 6.34. The second kappa shape index (κ2) is 4.81. The fourth-order valence-electron chi connectivity index (χ4n) is 0.977. The molecule has 1 nitrogen and oxygen atoms in total. The summed E-state index contributed by atoms with van der Waals surface area (Å²) in [6.45, 7) is -1.01. The molecule has 1 rings (SSSR count).